The number of halogens is 1. The summed E-state index contributed by atoms with van der Waals surface area (Å²) in [4.78, 5) is 9.01. The van der Waals surface area contributed by atoms with Gasteiger partial charge in [0.25, 0.3) is 0 Å². The molecule has 0 unspecified atom stereocenters. The van der Waals surface area contributed by atoms with Crippen LogP contribution in [-0.2, 0) is 0 Å². The first kappa shape index (κ1) is 12.9. The van der Waals surface area contributed by atoms with Gasteiger partial charge in [-0.2, -0.15) is 0 Å². The van der Waals surface area contributed by atoms with Gasteiger partial charge in [0.1, 0.15) is 5.82 Å². The van der Waals surface area contributed by atoms with Crippen molar-refractivity contribution in [2.24, 2.45) is 0 Å². The molecule has 0 aliphatic heterocycles. The first-order valence-corrected chi connectivity index (χ1v) is 6.74. The van der Waals surface area contributed by atoms with Crippen LogP contribution in [0.25, 0.3) is 22.3 Å². The van der Waals surface area contributed by atoms with E-state index in [9.17, 15) is 0 Å². The highest BCUT2D eigenvalue weighted by atomic mass is 35.5. The summed E-state index contributed by atoms with van der Waals surface area (Å²) >= 11 is 6.34. The van der Waals surface area contributed by atoms with Crippen molar-refractivity contribution in [2.45, 2.75) is 13.8 Å². The van der Waals surface area contributed by atoms with Gasteiger partial charge in [-0.3, -0.25) is 0 Å². The zero-order valence-electron chi connectivity index (χ0n) is 11.3. The van der Waals surface area contributed by atoms with Crippen LogP contribution in [0.2, 0.25) is 5.02 Å². The van der Waals surface area contributed by atoms with E-state index >= 15 is 0 Å². The summed E-state index contributed by atoms with van der Waals surface area (Å²) in [6.07, 6.45) is 0. The fourth-order valence-corrected chi connectivity index (χ4v) is 2.54. The Labute approximate surface area is 122 Å². The van der Waals surface area contributed by atoms with Crippen LogP contribution < -0.4 is 5.73 Å². The van der Waals surface area contributed by atoms with E-state index in [0.29, 0.717) is 16.7 Å². The number of fused-ring (bicyclic) bond motifs is 1. The number of hydrogen-bond acceptors (Lipinski definition) is 3. The maximum Gasteiger partial charge on any atom is 0.163 e. The van der Waals surface area contributed by atoms with Crippen LogP contribution in [0.3, 0.4) is 0 Å². The van der Waals surface area contributed by atoms with Crippen molar-refractivity contribution in [3.8, 4) is 11.4 Å². The maximum atomic E-state index is 6.34. The van der Waals surface area contributed by atoms with Crippen molar-refractivity contribution in [3.63, 3.8) is 0 Å². The average Bonchev–Trinajstić information content (AvgIpc) is 2.41. The number of nitrogens with two attached hydrogens (primary N) is 1. The molecule has 0 radical (unpaired) electrons. The first-order chi connectivity index (χ1) is 9.58. The number of rotatable bonds is 1. The van der Waals surface area contributed by atoms with E-state index in [1.54, 1.807) is 0 Å². The van der Waals surface area contributed by atoms with Gasteiger partial charge in [-0.15, -0.1) is 0 Å². The van der Waals surface area contributed by atoms with Gasteiger partial charge < -0.3 is 5.73 Å². The van der Waals surface area contributed by atoms with Crippen molar-refractivity contribution in [1.29, 1.82) is 0 Å². The van der Waals surface area contributed by atoms with Crippen molar-refractivity contribution in [1.82, 2.24) is 9.97 Å². The summed E-state index contributed by atoms with van der Waals surface area (Å²) in [5.41, 5.74) is 9.80. The molecule has 0 amide bonds. The second-order valence-corrected chi connectivity index (χ2v) is 5.22. The molecular weight excluding hydrogens is 270 g/mol. The molecule has 1 heterocycles. The molecule has 0 saturated carbocycles. The van der Waals surface area contributed by atoms with E-state index in [0.717, 1.165) is 27.6 Å². The number of nitrogen functional groups attached to an aromatic ring is 1. The van der Waals surface area contributed by atoms with Gasteiger partial charge in [0.15, 0.2) is 5.82 Å². The van der Waals surface area contributed by atoms with Crippen LogP contribution >= 0.6 is 11.6 Å². The molecule has 2 aromatic carbocycles. The number of benzene rings is 2. The summed E-state index contributed by atoms with van der Waals surface area (Å²) in [5, 5.41) is 1.57. The molecule has 1 aromatic heterocycles. The Kier molecular flexibility index (Phi) is 3.07. The summed E-state index contributed by atoms with van der Waals surface area (Å²) in [7, 11) is 0. The predicted molar refractivity (Wildman–Crippen MR) is 83.9 cm³/mol. The molecule has 0 saturated heterocycles. The molecule has 100 valence electrons. The summed E-state index contributed by atoms with van der Waals surface area (Å²) in [6, 6.07) is 11.7. The highest BCUT2D eigenvalue weighted by Crippen LogP contribution is 2.31. The summed E-state index contributed by atoms with van der Waals surface area (Å²) in [5.74, 6) is 1.05. The third-order valence-corrected chi connectivity index (χ3v) is 3.89. The topological polar surface area (TPSA) is 51.8 Å². The van der Waals surface area contributed by atoms with Crippen LogP contribution in [0.5, 0.6) is 0 Å². The fourth-order valence-electron chi connectivity index (χ4n) is 2.33. The third kappa shape index (κ3) is 2.00. The second kappa shape index (κ2) is 4.76. The minimum atomic E-state index is 0.487. The van der Waals surface area contributed by atoms with Crippen molar-refractivity contribution < 1.29 is 0 Å². The molecule has 3 rings (SSSR count). The van der Waals surface area contributed by atoms with Gasteiger partial charge in [-0.1, -0.05) is 35.9 Å². The van der Waals surface area contributed by atoms with Crippen LogP contribution in [0.1, 0.15) is 11.1 Å². The lowest BCUT2D eigenvalue weighted by atomic mass is 10.1. The lowest BCUT2D eigenvalue weighted by molar-refractivity contribution is 1.22. The van der Waals surface area contributed by atoms with Gasteiger partial charge in [0.05, 0.1) is 10.5 Å². The van der Waals surface area contributed by atoms with Crippen molar-refractivity contribution in [3.05, 3.63) is 52.5 Å². The Bertz CT molecular complexity index is 812. The minimum absolute atomic E-state index is 0.487. The van der Waals surface area contributed by atoms with Crippen LogP contribution in [0, 0.1) is 13.8 Å². The van der Waals surface area contributed by atoms with E-state index in [1.807, 2.05) is 50.2 Å². The van der Waals surface area contributed by atoms with E-state index in [-0.39, 0.29) is 0 Å². The Hall–Kier alpha value is -2.13. The van der Waals surface area contributed by atoms with Gasteiger partial charge in [-0.05, 0) is 37.1 Å². The summed E-state index contributed by atoms with van der Waals surface area (Å²) in [6.45, 7) is 3.96. The molecule has 0 spiro atoms. The predicted octanol–water partition coefficient (Wildman–Crippen LogP) is 4.15. The number of aryl methyl sites for hydroxylation is 2. The SMILES string of the molecule is Cc1cccc(-c2nc(N)c3c(C)cccc3n2)c1Cl. The second-order valence-electron chi connectivity index (χ2n) is 4.84. The van der Waals surface area contributed by atoms with E-state index in [2.05, 4.69) is 9.97 Å². The van der Waals surface area contributed by atoms with E-state index < -0.39 is 0 Å². The number of hydrogen-bond donors (Lipinski definition) is 1. The van der Waals surface area contributed by atoms with E-state index in [4.69, 9.17) is 17.3 Å². The maximum absolute atomic E-state index is 6.34. The van der Waals surface area contributed by atoms with Gasteiger partial charge in [-0.25, -0.2) is 9.97 Å². The minimum Gasteiger partial charge on any atom is -0.383 e. The van der Waals surface area contributed by atoms with Crippen molar-refractivity contribution >= 4 is 28.3 Å². The molecule has 3 aromatic rings. The van der Waals surface area contributed by atoms with Gasteiger partial charge >= 0.3 is 0 Å². The van der Waals surface area contributed by atoms with Gasteiger partial charge in [0.2, 0.25) is 0 Å². The standard InChI is InChI=1S/C16H14ClN3/c1-9-5-4-8-12-13(9)15(18)20-16(19-12)11-7-3-6-10(2)14(11)17/h3-8H,1-2H3,(H2,18,19,20). The molecule has 0 aliphatic carbocycles. The fraction of sp³-hybridized carbons (Fsp3) is 0.125. The first-order valence-electron chi connectivity index (χ1n) is 6.36. The molecule has 0 bridgehead atoms. The highest BCUT2D eigenvalue weighted by molar-refractivity contribution is 6.34. The normalized spacial score (nSPS) is 10.9. The molecule has 0 atom stereocenters. The summed E-state index contributed by atoms with van der Waals surface area (Å²) < 4.78 is 0. The highest BCUT2D eigenvalue weighted by Gasteiger charge is 2.12. The third-order valence-electron chi connectivity index (χ3n) is 3.39. The molecule has 4 heteroatoms. The quantitative estimate of drug-likeness (QED) is 0.730. The molecule has 3 nitrogen and oxygen atoms in total. The monoisotopic (exact) mass is 283 g/mol. The largest absolute Gasteiger partial charge is 0.383 e. The Morgan fingerprint density at radius 3 is 2.45 bits per heavy atom. The molecule has 0 fully saturated rings. The number of aromatic nitrogens is 2. The molecule has 20 heavy (non-hydrogen) atoms. The zero-order valence-corrected chi connectivity index (χ0v) is 12.1. The van der Waals surface area contributed by atoms with Crippen LogP contribution in [-0.4, -0.2) is 9.97 Å². The molecule has 0 aliphatic rings. The van der Waals surface area contributed by atoms with Gasteiger partial charge in [0, 0.05) is 10.9 Å². The Balaban J connectivity index is 2.31. The van der Waals surface area contributed by atoms with Crippen LogP contribution in [0.15, 0.2) is 36.4 Å². The number of nitrogens with zero attached hydrogens (tertiary/aromatic N) is 2. The van der Waals surface area contributed by atoms with E-state index in [1.165, 1.54) is 0 Å². The smallest absolute Gasteiger partial charge is 0.163 e. The lowest BCUT2D eigenvalue weighted by Crippen LogP contribution is -1.99. The lowest BCUT2D eigenvalue weighted by Gasteiger charge is -2.09. The van der Waals surface area contributed by atoms with Crippen molar-refractivity contribution in [2.75, 3.05) is 5.73 Å². The molecule has 2 N–H and O–H groups in total. The average molecular weight is 284 g/mol. The Morgan fingerprint density at radius 2 is 1.65 bits per heavy atom. The number of anilines is 1. The zero-order chi connectivity index (χ0) is 14.3. The molecular formula is C16H14ClN3. The van der Waals surface area contributed by atoms with Crippen LogP contribution in [0.4, 0.5) is 5.82 Å². The Morgan fingerprint density at radius 1 is 0.950 bits per heavy atom.